The van der Waals surface area contributed by atoms with Crippen molar-refractivity contribution in [3.8, 4) is 0 Å². The van der Waals surface area contributed by atoms with Crippen LogP contribution in [0.25, 0.3) is 0 Å². The van der Waals surface area contributed by atoms with E-state index in [9.17, 15) is 14.7 Å². The molecule has 0 aromatic rings. The third-order valence-corrected chi connectivity index (χ3v) is 7.71. The van der Waals surface area contributed by atoms with Gasteiger partial charge in [-0.05, 0) is 70.1 Å². The lowest BCUT2D eigenvalue weighted by atomic mass is 9.80. The largest absolute Gasteiger partial charge is 0.481 e. The number of carbonyl (C=O) groups is 2. The van der Waals surface area contributed by atoms with Crippen molar-refractivity contribution < 1.29 is 19.8 Å². The van der Waals surface area contributed by atoms with Gasteiger partial charge >= 0.3 is 11.9 Å². The first-order valence-electron chi connectivity index (χ1n) is 16.6. The highest BCUT2D eigenvalue weighted by molar-refractivity contribution is 5.80. The van der Waals surface area contributed by atoms with Crippen molar-refractivity contribution in [2.75, 3.05) is 0 Å². The van der Waals surface area contributed by atoms with E-state index in [4.69, 9.17) is 5.11 Å². The van der Waals surface area contributed by atoms with Gasteiger partial charge < -0.3 is 10.2 Å². The molecule has 0 aliphatic carbocycles. The Morgan fingerprint density at radius 3 is 1.57 bits per heavy atom. The Morgan fingerprint density at radius 2 is 1.02 bits per heavy atom. The summed E-state index contributed by atoms with van der Waals surface area (Å²) in [6.07, 6.45) is 40.6. The zero-order chi connectivity index (χ0) is 29.5. The molecule has 0 radical (unpaired) electrons. The Balaban J connectivity index is 4.31. The van der Waals surface area contributed by atoms with E-state index in [1.165, 1.54) is 57.8 Å². The SMILES string of the molecule is CCCCCC=CCC=CCCCCCCC(C(=O)O)C(CCCCCC)CCCCCCC=CC=CC(=O)O. The Kier molecular flexibility index (Phi) is 28.3. The van der Waals surface area contributed by atoms with Gasteiger partial charge in [-0.25, -0.2) is 4.79 Å². The molecule has 0 spiro atoms. The second kappa shape index (κ2) is 29.9. The zero-order valence-electron chi connectivity index (χ0n) is 26.0. The fraction of sp³-hybridized carbons (Fsp3) is 0.722. The van der Waals surface area contributed by atoms with Gasteiger partial charge in [0.25, 0.3) is 0 Å². The van der Waals surface area contributed by atoms with Crippen molar-refractivity contribution in [2.24, 2.45) is 11.8 Å². The molecule has 0 aliphatic heterocycles. The summed E-state index contributed by atoms with van der Waals surface area (Å²) < 4.78 is 0. The van der Waals surface area contributed by atoms with Gasteiger partial charge in [0.05, 0.1) is 5.92 Å². The van der Waals surface area contributed by atoms with Gasteiger partial charge in [0.15, 0.2) is 0 Å². The number of aliphatic carboxylic acids is 2. The van der Waals surface area contributed by atoms with Gasteiger partial charge in [-0.2, -0.15) is 0 Å². The summed E-state index contributed by atoms with van der Waals surface area (Å²) >= 11 is 0. The van der Waals surface area contributed by atoms with Crippen molar-refractivity contribution in [2.45, 2.75) is 155 Å². The average Bonchev–Trinajstić information content (AvgIpc) is 2.93. The third kappa shape index (κ3) is 26.1. The molecule has 4 nitrogen and oxygen atoms in total. The summed E-state index contributed by atoms with van der Waals surface area (Å²) in [6.45, 7) is 4.46. The van der Waals surface area contributed by atoms with Crippen LogP contribution in [0.3, 0.4) is 0 Å². The molecule has 230 valence electrons. The number of hydrogen-bond donors (Lipinski definition) is 2. The highest BCUT2D eigenvalue weighted by Crippen LogP contribution is 2.30. The average molecular weight is 559 g/mol. The molecule has 2 N–H and O–H groups in total. The first kappa shape index (κ1) is 37.9. The summed E-state index contributed by atoms with van der Waals surface area (Å²) in [5.74, 6) is -1.41. The maximum absolute atomic E-state index is 12.2. The lowest BCUT2D eigenvalue weighted by Crippen LogP contribution is -2.24. The summed E-state index contributed by atoms with van der Waals surface area (Å²) in [5.41, 5.74) is 0. The van der Waals surface area contributed by atoms with E-state index in [1.54, 1.807) is 12.2 Å². The standard InChI is InChI=1S/C36H62O4/c1-3-5-7-9-10-11-12-13-14-15-16-20-23-27-31-34(36(39)40)33(29-25-8-6-4-2)30-26-22-19-17-18-21-24-28-32-35(37)38/h10-11,13-14,21,24,28,32-34H,3-9,12,15-20,22-23,25-27,29-31H2,1-2H3,(H,37,38)(H,39,40). The van der Waals surface area contributed by atoms with E-state index >= 15 is 0 Å². The number of carboxylic acid groups (broad SMARTS) is 2. The van der Waals surface area contributed by atoms with Crippen LogP contribution in [0.15, 0.2) is 48.6 Å². The number of unbranched alkanes of at least 4 members (excludes halogenated alkanes) is 14. The van der Waals surface area contributed by atoms with Gasteiger partial charge in [0, 0.05) is 6.08 Å². The molecule has 0 aromatic carbocycles. The maximum atomic E-state index is 12.2. The first-order chi connectivity index (χ1) is 19.5. The predicted octanol–water partition coefficient (Wildman–Crippen LogP) is 11.2. The first-order valence-corrected chi connectivity index (χ1v) is 16.6. The van der Waals surface area contributed by atoms with Gasteiger partial charge in [-0.1, -0.05) is 133 Å². The van der Waals surface area contributed by atoms with Crippen LogP contribution < -0.4 is 0 Å². The molecule has 0 aliphatic rings. The quantitative estimate of drug-likeness (QED) is 0.0414. The fourth-order valence-electron chi connectivity index (χ4n) is 5.27. The lowest BCUT2D eigenvalue weighted by molar-refractivity contribution is -0.144. The monoisotopic (exact) mass is 558 g/mol. The summed E-state index contributed by atoms with van der Waals surface area (Å²) in [5, 5.41) is 18.7. The third-order valence-electron chi connectivity index (χ3n) is 7.71. The van der Waals surface area contributed by atoms with E-state index in [-0.39, 0.29) is 5.92 Å². The van der Waals surface area contributed by atoms with Crippen LogP contribution in [0.5, 0.6) is 0 Å². The van der Waals surface area contributed by atoms with Crippen molar-refractivity contribution in [1.82, 2.24) is 0 Å². The molecule has 0 heterocycles. The van der Waals surface area contributed by atoms with Crippen LogP contribution in [-0.2, 0) is 9.59 Å². The van der Waals surface area contributed by atoms with E-state index < -0.39 is 11.9 Å². The van der Waals surface area contributed by atoms with E-state index in [1.807, 2.05) is 6.08 Å². The van der Waals surface area contributed by atoms with Gasteiger partial charge in [0.2, 0.25) is 0 Å². The Hall–Kier alpha value is -2.10. The molecule has 2 atom stereocenters. The van der Waals surface area contributed by atoms with Gasteiger partial charge in [0.1, 0.15) is 0 Å². The number of rotatable bonds is 29. The van der Waals surface area contributed by atoms with Crippen molar-refractivity contribution >= 4 is 11.9 Å². The number of hydrogen-bond acceptors (Lipinski definition) is 2. The minimum Gasteiger partial charge on any atom is -0.481 e. The Labute approximate surface area is 247 Å². The Bertz CT molecular complexity index is 704. The summed E-state index contributed by atoms with van der Waals surface area (Å²) in [6, 6.07) is 0. The minimum absolute atomic E-state index is 0.199. The molecule has 0 amide bonds. The van der Waals surface area contributed by atoms with E-state index in [2.05, 4.69) is 38.2 Å². The van der Waals surface area contributed by atoms with Crippen LogP contribution >= 0.6 is 0 Å². The molecule has 0 aromatic heterocycles. The second-order valence-corrected chi connectivity index (χ2v) is 11.3. The van der Waals surface area contributed by atoms with Crippen molar-refractivity contribution in [3.05, 3.63) is 48.6 Å². The maximum Gasteiger partial charge on any atom is 0.328 e. The molecule has 40 heavy (non-hydrogen) atoms. The van der Waals surface area contributed by atoms with Crippen molar-refractivity contribution in [3.63, 3.8) is 0 Å². The Morgan fingerprint density at radius 1 is 0.550 bits per heavy atom. The summed E-state index contributed by atoms with van der Waals surface area (Å²) in [7, 11) is 0. The number of carboxylic acids is 2. The van der Waals surface area contributed by atoms with E-state index in [0.717, 1.165) is 89.5 Å². The molecule has 4 heteroatoms. The molecule has 0 bridgehead atoms. The predicted molar refractivity (Wildman–Crippen MR) is 172 cm³/mol. The van der Waals surface area contributed by atoms with Gasteiger partial charge in [-0.3, -0.25) is 4.79 Å². The van der Waals surface area contributed by atoms with Crippen LogP contribution in [0.2, 0.25) is 0 Å². The van der Waals surface area contributed by atoms with Crippen LogP contribution in [0, 0.1) is 11.8 Å². The highest BCUT2D eigenvalue weighted by Gasteiger charge is 2.26. The number of allylic oxidation sites excluding steroid dienone is 7. The minimum atomic E-state index is -0.923. The molecule has 2 unspecified atom stereocenters. The molecule has 0 fully saturated rings. The molecular formula is C36H62O4. The van der Waals surface area contributed by atoms with E-state index in [0.29, 0.717) is 5.92 Å². The molecule has 0 saturated carbocycles. The fourth-order valence-corrected chi connectivity index (χ4v) is 5.27. The lowest BCUT2D eigenvalue weighted by Gasteiger charge is -2.24. The molecule has 0 saturated heterocycles. The second-order valence-electron chi connectivity index (χ2n) is 11.3. The molecular weight excluding hydrogens is 496 g/mol. The van der Waals surface area contributed by atoms with Crippen molar-refractivity contribution in [1.29, 1.82) is 0 Å². The van der Waals surface area contributed by atoms with Crippen LogP contribution in [0.1, 0.15) is 155 Å². The van der Waals surface area contributed by atoms with Gasteiger partial charge in [-0.15, -0.1) is 0 Å². The van der Waals surface area contributed by atoms with Crippen LogP contribution in [-0.4, -0.2) is 22.2 Å². The highest BCUT2D eigenvalue weighted by atomic mass is 16.4. The zero-order valence-corrected chi connectivity index (χ0v) is 26.0. The normalized spacial score (nSPS) is 13.8. The summed E-state index contributed by atoms with van der Waals surface area (Å²) in [4.78, 5) is 22.7. The topological polar surface area (TPSA) is 74.6 Å². The molecule has 0 rings (SSSR count). The smallest absolute Gasteiger partial charge is 0.328 e. The van der Waals surface area contributed by atoms with Crippen LogP contribution in [0.4, 0.5) is 0 Å².